The normalized spacial score (nSPS) is 19.0. The van der Waals surface area contributed by atoms with Crippen molar-refractivity contribution >= 4 is 11.6 Å². The number of benzene rings is 1. The molecule has 0 saturated carbocycles. The van der Waals surface area contributed by atoms with Gasteiger partial charge in [0.05, 0.1) is 13.2 Å². The molecule has 0 bridgehead atoms. The lowest BCUT2D eigenvalue weighted by molar-refractivity contribution is -0.0223. The summed E-state index contributed by atoms with van der Waals surface area (Å²) in [6.45, 7) is 8.28. The van der Waals surface area contributed by atoms with Crippen molar-refractivity contribution in [2.75, 3.05) is 33.4 Å². The lowest BCUT2D eigenvalue weighted by Gasteiger charge is -2.46. The van der Waals surface area contributed by atoms with E-state index in [0.29, 0.717) is 6.04 Å². The van der Waals surface area contributed by atoms with Gasteiger partial charge in [0, 0.05) is 29.7 Å². The predicted octanol–water partition coefficient (Wildman–Crippen LogP) is 2.58. The van der Waals surface area contributed by atoms with Gasteiger partial charge in [-0.05, 0) is 45.0 Å². The van der Waals surface area contributed by atoms with E-state index in [9.17, 15) is 0 Å². The van der Waals surface area contributed by atoms with Gasteiger partial charge in [0.2, 0.25) is 0 Å². The molecule has 3 nitrogen and oxygen atoms in total. The minimum Gasteiger partial charge on any atom is -0.379 e. The second-order valence-corrected chi connectivity index (χ2v) is 6.36. The first kappa shape index (κ1) is 15.8. The topological polar surface area (TPSA) is 24.5 Å². The standard InChI is InChI=1S/C16H25ClN2O/c1-16(2,19-7-9-20-10-8-19)15(18-3)12-13-5-4-6-14(17)11-13/h4-6,11,15,18H,7-10,12H2,1-3H3. The van der Waals surface area contributed by atoms with Gasteiger partial charge in [-0.2, -0.15) is 0 Å². The maximum Gasteiger partial charge on any atom is 0.0594 e. The average molecular weight is 297 g/mol. The Morgan fingerprint density at radius 3 is 2.65 bits per heavy atom. The molecule has 112 valence electrons. The maximum atomic E-state index is 6.09. The van der Waals surface area contributed by atoms with Gasteiger partial charge in [0.15, 0.2) is 0 Å². The highest BCUT2D eigenvalue weighted by molar-refractivity contribution is 6.30. The van der Waals surface area contributed by atoms with Crippen LogP contribution in [0.1, 0.15) is 19.4 Å². The second kappa shape index (κ2) is 6.90. The first-order valence-electron chi connectivity index (χ1n) is 7.28. The van der Waals surface area contributed by atoms with Gasteiger partial charge in [-0.3, -0.25) is 4.90 Å². The lowest BCUT2D eigenvalue weighted by atomic mass is 9.87. The first-order chi connectivity index (χ1) is 9.54. The van der Waals surface area contributed by atoms with Crippen LogP contribution < -0.4 is 5.32 Å². The molecule has 1 aliphatic rings. The van der Waals surface area contributed by atoms with Crippen molar-refractivity contribution in [1.29, 1.82) is 0 Å². The Morgan fingerprint density at radius 2 is 2.05 bits per heavy atom. The van der Waals surface area contributed by atoms with Crippen molar-refractivity contribution in [3.63, 3.8) is 0 Å². The molecule has 0 spiro atoms. The van der Waals surface area contributed by atoms with Crippen molar-refractivity contribution in [2.45, 2.75) is 31.8 Å². The zero-order chi connectivity index (χ0) is 14.6. The number of hydrogen-bond acceptors (Lipinski definition) is 3. The van der Waals surface area contributed by atoms with Crippen molar-refractivity contribution in [2.24, 2.45) is 0 Å². The van der Waals surface area contributed by atoms with Gasteiger partial charge in [0.25, 0.3) is 0 Å². The number of ether oxygens (including phenoxy) is 1. The number of halogens is 1. The van der Waals surface area contributed by atoms with Crippen LogP contribution in [-0.2, 0) is 11.2 Å². The smallest absolute Gasteiger partial charge is 0.0594 e. The third-order valence-electron chi connectivity index (χ3n) is 4.36. The molecule has 1 N–H and O–H groups in total. The Balaban J connectivity index is 2.09. The van der Waals surface area contributed by atoms with Crippen LogP contribution in [0.15, 0.2) is 24.3 Å². The molecular weight excluding hydrogens is 272 g/mol. The van der Waals surface area contributed by atoms with E-state index in [-0.39, 0.29) is 5.54 Å². The summed E-state index contributed by atoms with van der Waals surface area (Å²) in [6, 6.07) is 8.52. The predicted molar refractivity (Wildman–Crippen MR) is 84.5 cm³/mol. The van der Waals surface area contributed by atoms with Crippen LogP contribution in [0.2, 0.25) is 5.02 Å². The molecule has 1 fully saturated rings. The fourth-order valence-corrected chi connectivity index (χ4v) is 3.18. The Morgan fingerprint density at radius 1 is 1.35 bits per heavy atom. The van der Waals surface area contributed by atoms with Crippen LogP contribution >= 0.6 is 11.6 Å². The number of morpholine rings is 1. The molecule has 20 heavy (non-hydrogen) atoms. The summed E-state index contributed by atoms with van der Waals surface area (Å²) in [7, 11) is 2.04. The van der Waals surface area contributed by atoms with Crippen molar-refractivity contribution in [3.05, 3.63) is 34.9 Å². The summed E-state index contributed by atoms with van der Waals surface area (Å²) in [5.74, 6) is 0. The molecule has 1 atom stereocenters. The Hall–Kier alpha value is -0.610. The number of nitrogens with zero attached hydrogens (tertiary/aromatic N) is 1. The molecule has 0 aromatic heterocycles. The quantitative estimate of drug-likeness (QED) is 0.904. The Bertz CT molecular complexity index is 430. The zero-order valence-corrected chi connectivity index (χ0v) is 13.4. The molecule has 1 aromatic rings. The van der Waals surface area contributed by atoms with E-state index in [1.807, 2.05) is 19.2 Å². The minimum atomic E-state index is 0.0842. The van der Waals surface area contributed by atoms with E-state index < -0.39 is 0 Å². The van der Waals surface area contributed by atoms with E-state index in [4.69, 9.17) is 16.3 Å². The SMILES string of the molecule is CNC(Cc1cccc(Cl)c1)C(C)(C)N1CCOCC1. The highest BCUT2D eigenvalue weighted by Gasteiger charge is 2.35. The Kier molecular flexibility index (Phi) is 5.44. The number of likely N-dealkylation sites (N-methyl/N-ethyl adjacent to an activating group) is 1. The van der Waals surface area contributed by atoms with Crippen LogP contribution in [-0.4, -0.2) is 49.8 Å². The third kappa shape index (κ3) is 3.73. The monoisotopic (exact) mass is 296 g/mol. The fourth-order valence-electron chi connectivity index (χ4n) is 2.96. The van der Waals surface area contributed by atoms with E-state index >= 15 is 0 Å². The number of hydrogen-bond donors (Lipinski definition) is 1. The van der Waals surface area contributed by atoms with Gasteiger partial charge < -0.3 is 10.1 Å². The molecule has 0 aliphatic carbocycles. The average Bonchev–Trinajstić information content (AvgIpc) is 2.45. The summed E-state index contributed by atoms with van der Waals surface area (Å²) < 4.78 is 5.46. The third-order valence-corrected chi connectivity index (χ3v) is 4.59. The van der Waals surface area contributed by atoms with Gasteiger partial charge in [-0.15, -0.1) is 0 Å². The Labute approximate surface area is 127 Å². The highest BCUT2D eigenvalue weighted by Crippen LogP contribution is 2.24. The van der Waals surface area contributed by atoms with Crippen molar-refractivity contribution < 1.29 is 4.74 Å². The van der Waals surface area contributed by atoms with Crippen molar-refractivity contribution in [1.82, 2.24) is 10.2 Å². The molecule has 4 heteroatoms. The number of nitrogens with one attached hydrogen (secondary N) is 1. The van der Waals surface area contributed by atoms with Crippen LogP contribution in [0.5, 0.6) is 0 Å². The van der Waals surface area contributed by atoms with Gasteiger partial charge in [0.1, 0.15) is 0 Å². The molecule has 1 saturated heterocycles. The maximum absolute atomic E-state index is 6.09. The first-order valence-corrected chi connectivity index (χ1v) is 7.66. The summed E-state index contributed by atoms with van der Waals surface area (Å²) in [6.07, 6.45) is 0.974. The van der Waals surface area contributed by atoms with E-state index in [2.05, 4.69) is 36.2 Å². The van der Waals surface area contributed by atoms with Gasteiger partial charge >= 0.3 is 0 Å². The molecule has 2 rings (SSSR count). The van der Waals surface area contributed by atoms with E-state index in [0.717, 1.165) is 37.7 Å². The summed E-state index contributed by atoms with van der Waals surface area (Å²) >= 11 is 6.09. The number of rotatable bonds is 5. The fraction of sp³-hybridized carbons (Fsp3) is 0.625. The second-order valence-electron chi connectivity index (χ2n) is 5.93. The molecule has 0 amide bonds. The van der Waals surface area contributed by atoms with Gasteiger partial charge in [-0.1, -0.05) is 23.7 Å². The van der Waals surface area contributed by atoms with Crippen LogP contribution in [0.3, 0.4) is 0 Å². The zero-order valence-electron chi connectivity index (χ0n) is 12.7. The molecule has 1 aromatic carbocycles. The highest BCUT2D eigenvalue weighted by atomic mass is 35.5. The molecule has 1 heterocycles. The molecular formula is C16H25ClN2O. The van der Waals surface area contributed by atoms with Crippen LogP contribution in [0.25, 0.3) is 0 Å². The summed E-state index contributed by atoms with van der Waals surface area (Å²) in [5.41, 5.74) is 1.36. The summed E-state index contributed by atoms with van der Waals surface area (Å²) in [5, 5.41) is 4.29. The van der Waals surface area contributed by atoms with Crippen LogP contribution in [0, 0.1) is 0 Å². The van der Waals surface area contributed by atoms with E-state index in [1.54, 1.807) is 0 Å². The largest absolute Gasteiger partial charge is 0.379 e. The van der Waals surface area contributed by atoms with Crippen molar-refractivity contribution in [3.8, 4) is 0 Å². The molecule has 1 unspecified atom stereocenters. The van der Waals surface area contributed by atoms with Gasteiger partial charge in [-0.25, -0.2) is 0 Å². The van der Waals surface area contributed by atoms with Crippen LogP contribution in [0.4, 0.5) is 0 Å². The minimum absolute atomic E-state index is 0.0842. The van der Waals surface area contributed by atoms with E-state index in [1.165, 1.54) is 5.56 Å². The summed E-state index contributed by atoms with van der Waals surface area (Å²) in [4.78, 5) is 2.52. The lowest BCUT2D eigenvalue weighted by Crippen LogP contribution is -2.60. The molecule has 0 radical (unpaired) electrons. The molecule has 1 aliphatic heterocycles.